The molecule has 1 aliphatic rings. The third kappa shape index (κ3) is 4.05. The summed E-state index contributed by atoms with van der Waals surface area (Å²) >= 11 is 0. The number of carbonyl (C=O) groups is 2. The maximum Gasteiger partial charge on any atom is 0.319 e. The largest absolute Gasteiger partial charge is 0.496 e. The Bertz CT molecular complexity index is 827. The molecule has 0 radical (unpaired) electrons. The number of para-hydroxylation sites is 1. The summed E-state index contributed by atoms with van der Waals surface area (Å²) in [7, 11) is 5.12. The molecule has 142 valence electrons. The average molecular weight is 367 g/mol. The summed E-state index contributed by atoms with van der Waals surface area (Å²) in [5, 5.41) is 0. The van der Waals surface area contributed by atoms with Crippen LogP contribution in [0.4, 0.5) is 4.79 Å². The van der Waals surface area contributed by atoms with Gasteiger partial charge < -0.3 is 19.4 Å². The number of hydrogen-bond donors (Lipinski definition) is 0. The van der Waals surface area contributed by atoms with Gasteiger partial charge in [0.1, 0.15) is 5.75 Å². The third-order valence-corrected chi connectivity index (χ3v) is 4.75. The number of benzene rings is 2. The van der Waals surface area contributed by atoms with Gasteiger partial charge >= 0.3 is 6.03 Å². The number of carbonyl (C=O) groups excluding carboxylic acids is 2. The fourth-order valence-corrected chi connectivity index (χ4v) is 3.27. The van der Waals surface area contributed by atoms with E-state index in [4.69, 9.17) is 4.74 Å². The van der Waals surface area contributed by atoms with Crippen molar-refractivity contribution in [3.63, 3.8) is 0 Å². The fraction of sp³-hybridized carbons (Fsp3) is 0.333. The lowest BCUT2D eigenvalue weighted by Gasteiger charge is -2.36. The summed E-state index contributed by atoms with van der Waals surface area (Å²) in [5.41, 5.74) is 2.54. The van der Waals surface area contributed by atoms with E-state index in [1.54, 1.807) is 35.9 Å². The SMILES string of the molecule is COc1ccccc1-c1cccc(C(=O)N2CCN(C(=O)N(C)C)CC2)c1. The summed E-state index contributed by atoms with van der Waals surface area (Å²) < 4.78 is 5.43. The minimum atomic E-state index is -0.0136. The normalized spacial score (nSPS) is 14.0. The second-order valence-electron chi connectivity index (χ2n) is 6.74. The van der Waals surface area contributed by atoms with Crippen LogP contribution in [0, 0.1) is 0 Å². The lowest BCUT2D eigenvalue weighted by atomic mass is 10.0. The first-order chi connectivity index (χ1) is 13.0. The van der Waals surface area contributed by atoms with Crippen LogP contribution < -0.4 is 4.74 Å². The van der Waals surface area contributed by atoms with Gasteiger partial charge in [-0.2, -0.15) is 0 Å². The molecule has 3 amide bonds. The molecule has 6 nitrogen and oxygen atoms in total. The number of methoxy groups -OCH3 is 1. The van der Waals surface area contributed by atoms with Crippen molar-refractivity contribution in [2.75, 3.05) is 47.4 Å². The van der Waals surface area contributed by atoms with Gasteiger partial charge in [-0.3, -0.25) is 4.79 Å². The van der Waals surface area contributed by atoms with Crippen LogP contribution in [0.3, 0.4) is 0 Å². The van der Waals surface area contributed by atoms with E-state index in [0.29, 0.717) is 31.7 Å². The molecular formula is C21H25N3O3. The Kier molecular flexibility index (Phi) is 5.64. The molecule has 1 aliphatic heterocycles. The highest BCUT2D eigenvalue weighted by Crippen LogP contribution is 2.30. The molecule has 0 N–H and O–H groups in total. The van der Waals surface area contributed by atoms with Crippen LogP contribution in [-0.2, 0) is 0 Å². The van der Waals surface area contributed by atoms with Crippen molar-refractivity contribution in [3.05, 3.63) is 54.1 Å². The molecule has 0 atom stereocenters. The molecule has 27 heavy (non-hydrogen) atoms. The first-order valence-electron chi connectivity index (χ1n) is 9.00. The highest BCUT2D eigenvalue weighted by Gasteiger charge is 2.25. The second-order valence-corrected chi connectivity index (χ2v) is 6.74. The Morgan fingerprint density at radius 3 is 2.26 bits per heavy atom. The molecule has 0 spiro atoms. The van der Waals surface area contributed by atoms with Gasteiger partial charge in [0.15, 0.2) is 0 Å². The predicted molar refractivity (Wildman–Crippen MR) is 105 cm³/mol. The minimum absolute atomic E-state index is 0.0105. The van der Waals surface area contributed by atoms with E-state index < -0.39 is 0 Å². The van der Waals surface area contributed by atoms with Gasteiger partial charge in [-0.15, -0.1) is 0 Å². The molecule has 0 unspecified atom stereocenters. The van der Waals surface area contributed by atoms with Gasteiger partial charge in [0.05, 0.1) is 7.11 Å². The van der Waals surface area contributed by atoms with Crippen molar-refractivity contribution >= 4 is 11.9 Å². The van der Waals surface area contributed by atoms with E-state index in [9.17, 15) is 9.59 Å². The van der Waals surface area contributed by atoms with Gasteiger partial charge in [0.2, 0.25) is 0 Å². The molecule has 1 fully saturated rings. The number of rotatable bonds is 3. The smallest absolute Gasteiger partial charge is 0.319 e. The summed E-state index contributed by atoms with van der Waals surface area (Å²) in [6.45, 7) is 2.18. The molecule has 2 aromatic rings. The number of nitrogens with zero attached hydrogens (tertiary/aromatic N) is 3. The maximum absolute atomic E-state index is 12.9. The van der Waals surface area contributed by atoms with Crippen molar-refractivity contribution < 1.29 is 14.3 Å². The van der Waals surface area contributed by atoms with Gasteiger partial charge in [-0.05, 0) is 23.8 Å². The van der Waals surface area contributed by atoms with Crippen molar-refractivity contribution in [3.8, 4) is 16.9 Å². The van der Waals surface area contributed by atoms with Crippen molar-refractivity contribution in [2.45, 2.75) is 0 Å². The molecule has 1 saturated heterocycles. The molecular weight excluding hydrogens is 342 g/mol. The Hall–Kier alpha value is -3.02. The quantitative estimate of drug-likeness (QED) is 0.838. The predicted octanol–water partition coefficient (Wildman–Crippen LogP) is 2.80. The van der Waals surface area contributed by atoms with Gasteiger partial charge in [0.25, 0.3) is 5.91 Å². The number of urea groups is 1. The van der Waals surface area contributed by atoms with Crippen LogP contribution in [0.2, 0.25) is 0 Å². The van der Waals surface area contributed by atoms with Crippen molar-refractivity contribution in [1.82, 2.24) is 14.7 Å². The van der Waals surface area contributed by atoms with E-state index in [1.165, 1.54) is 0 Å². The topological polar surface area (TPSA) is 53.1 Å². The summed E-state index contributed by atoms with van der Waals surface area (Å²) in [6, 6.07) is 15.3. The lowest BCUT2D eigenvalue weighted by Crippen LogP contribution is -2.52. The zero-order valence-electron chi connectivity index (χ0n) is 16.0. The van der Waals surface area contributed by atoms with Crippen LogP contribution in [0.5, 0.6) is 5.75 Å². The van der Waals surface area contributed by atoms with E-state index in [0.717, 1.165) is 16.9 Å². The average Bonchev–Trinajstić information content (AvgIpc) is 2.72. The number of piperazine rings is 1. The zero-order valence-corrected chi connectivity index (χ0v) is 16.0. The van der Waals surface area contributed by atoms with Crippen molar-refractivity contribution in [1.29, 1.82) is 0 Å². The monoisotopic (exact) mass is 367 g/mol. The Balaban J connectivity index is 1.74. The van der Waals surface area contributed by atoms with Crippen LogP contribution in [0.25, 0.3) is 11.1 Å². The van der Waals surface area contributed by atoms with E-state index in [-0.39, 0.29) is 11.9 Å². The Morgan fingerprint density at radius 1 is 0.926 bits per heavy atom. The van der Waals surface area contributed by atoms with Gasteiger partial charge in [0, 0.05) is 51.4 Å². The zero-order chi connectivity index (χ0) is 19.4. The molecule has 0 aromatic heterocycles. The molecule has 0 aliphatic carbocycles. The first-order valence-corrected chi connectivity index (χ1v) is 9.00. The van der Waals surface area contributed by atoms with Crippen LogP contribution in [0.1, 0.15) is 10.4 Å². The fourth-order valence-electron chi connectivity index (χ4n) is 3.27. The van der Waals surface area contributed by atoms with Gasteiger partial charge in [-0.1, -0.05) is 30.3 Å². The molecule has 6 heteroatoms. The standard InChI is InChI=1S/C21H25N3O3/c1-22(2)21(26)24-13-11-23(12-14-24)20(25)17-8-6-7-16(15-17)18-9-4-5-10-19(18)27-3/h4-10,15H,11-14H2,1-3H3. The molecule has 0 bridgehead atoms. The summed E-state index contributed by atoms with van der Waals surface area (Å²) in [4.78, 5) is 30.1. The van der Waals surface area contributed by atoms with E-state index in [2.05, 4.69) is 0 Å². The van der Waals surface area contributed by atoms with Crippen molar-refractivity contribution in [2.24, 2.45) is 0 Å². The summed E-state index contributed by atoms with van der Waals surface area (Å²) in [6.07, 6.45) is 0. The second kappa shape index (κ2) is 8.12. The number of amides is 3. The van der Waals surface area contributed by atoms with Crippen LogP contribution in [-0.4, -0.2) is 74.0 Å². The van der Waals surface area contributed by atoms with Gasteiger partial charge in [-0.25, -0.2) is 4.79 Å². The van der Waals surface area contributed by atoms with E-state index in [1.807, 2.05) is 48.5 Å². The molecule has 3 rings (SSSR count). The van der Waals surface area contributed by atoms with Crippen LogP contribution >= 0.6 is 0 Å². The number of ether oxygens (including phenoxy) is 1. The molecule has 2 aromatic carbocycles. The number of hydrogen-bond acceptors (Lipinski definition) is 3. The maximum atomic E-state index is 12.9. The third-order valence-electron chi connectivity index (χ3n) is 4.75. The first kappa shape index (κ1) is 18.8. The Morgan fingerprint density at radius 2 is 1.59 bits per heavy atom. The highest BCUT2D eigenvalue weighted by molar-refractivity contribution is 5.96. The minimum Gasteiger partial charge on any atom is -0.496 e. The lowest BCUT2D eigenvalue weighted by molar-refractivity contribution is 0.0650. The molecule has 1 heterocycles. The van der Waals surface area contributed by atoms with E-state index >= 15 is 0 Å². The highest BCUT2D eigenvalue weighted by atomic mass is 16.5. The molecule has 0 saturated carbocycles. The summed E-state index contributed by atoms with van der Waals surface area (Å²) in [5.74, 6) is 0.765. The Labute approximate surface area is 159 Å². The van der Waals surface area contributed by atoms with Crippen LogP contribution in [0.15, 0.2) is 48.5 Å².